The van der Waals surface area contributed by atoms with Crippen molar-refractivity contribution in [3.63, 3.8) is 0 Å². The minimum absolute atomic E-state index is 0.0301. The third-order valence-electron chi connectivity index (χ3n) is 5.71. The summed E-state index contributed by atoms with van der Waals surface area (Å²) in [6.07, 6.45) is 8.87. The van der Waals surface area contributed by atoms with Gasteiger partial charge in [-0.2, -0.15) is 0 Å². The number of nitrogens with zero attached hydrogens (tertiary/aromatic N) is 1. The van der Waals surface area contributed by atoms with E-state index >= 15 is 0 Å². The smallest absolute Gasteiger partial charge is 0.238 e. The van der Waals surface area contributed by atoms with Crippen LogP contribution in [0.2, 0.25) is 0 Å². The van der Waals surface area contributed by atoms with Gasteiger partial charge < -0.3 is 16.0 Å². The zero-order chi connectivity index (χ0) is 19.6. The number of anilines is 2. The van der Waals surface area contributed by atoms with E-state index in [4.69, 9.17) is 0 Å². The average molecular weight is 387 g/mol. The van der Waals surface area contributed by atoms with E-state index in [-0.39, 0.29) is 11.8 Å². The van der Waals surface area contributed by atoms with Crippen molar-refractivity contribution < 1.29 is 9.59 Å². The molecule has 28 heavy (non-hydrogen) atoms. The van der Waals surface area contributed by atoms with E-state index in [2.05, 4.69) is 20.9 Å². The Morgan fingerprint density at radius 1 is 0.929 bits per heavy atom. The Morgan fingerprint density at radius 2 is 1.54 bits per heavy atom. The van der Waals surface area contributed by atoms with Gasteiger partial charge in [0.25, 0.3) is 0 Å². The van der Waals surface area contributed by atoms with Crippen LogP contribution in [0.4, 0.5) is 11.4 Å². The second kappa shape index (κ2) is 11.2. The normalized spacial score (nSPS) is 20.9. The Kier molecular flexibility index (Phi) is 8.30. The maximum Gasteiger partial charge on any atom is 0.238 e. The van der Waals surface area contributed by atoms with E-state index in [9.17, 15) is 9.59 Å². The van der Waals surface area contributed by atoms with Crippen LogP contribution >= 0.6 is 0 Å². The number of rotatable bonds is 7. The van der Waals surface area contributed by atoms with Crippen molar-refractivity contribution in [2.24, 2.45) is 5.92 Å². The lowest BCUT2D eigenvalue weighted by atomic mass is 10.0. The van der Waals surface area contributed by atoms with Gasteiger partial charge in [0.05, 0.1) is 6.54 Å². The molecule has 2 saturated heterocycles. The molecule has 0 aromatic heterocycles. The number of benzene rings is 1. The molecular formula is C22H34N4O2. The first-order chi connectivity index (χ1) is 13.7. The van der Waals surface area contributed by atoms with Crippen molar-refractivity contribution in [1.29, 1.82) is 0 Å². The van der Waals surface area contributed by atoms with Gasteiger partial charge in [-0.25, -0.2) is 0 Å². The van der Waals surface area contributed by atoms with Crippen molar-refractivity contribution in [3.8, 4) is 0 Å². The minimum atomic E-state index is 0.0301. The quantitative estimate of drug-likeness (QED) is 0.673. The molecular weight excluding hydrogens is 352 g/mol. The fraction of sp³-hybridized carbons (Fsp3) is 0.636. The SMILES string of the molecule is O=C(CCC1CCNC1)Nc1ccc(NC(=O)CN2CCCCCCC2)cc1. The van der Waals surface area contributed by atoms with Crippen molar-refractivity contribution in [1.82, 2.24) is 10.2 Å². The Hall–Kier alpha value is -1.92. The summed E-state index contributed by atoms with van der Waals surface area (Å²) in [5.41, 5.74) is 1.54. The molecule has 0 spiro atoms. The zero-order valence-electron chi connectivity index (χ0n) is 16.8. The van der Waals surface area contributed by atoms with Gasteiger partial charge in [-0.1, -0.05) is 19.3 Å². The minimum Gasteiger partial charge on any atom is -0.326 e. The van der Waals surface area contributed by atoms with Crippen molar-refractivity contribution in [3.05, 3.63) is 24.3 Å². The highest BCUT2D eigenvalue weighted by atomic mass is 16.2. The highest BCUT2D eigenvalue weighted by Gasteiger charge is 2.16. The average Bonchev–Trinajstić information content (AvgIpc) is 3.17. The largest absolute Gasteiger partial charge is 0.326 e. The summed E-state index contributed by atoms with van der Waals surface area (Å²) >= 11 is 0. The Bertz CT molecular complexity index is 618. The van der Waals surface area contributed by atoms with E-state index < -0.39 is 0 Å². The lowest BCUT2D eigenvalue weighted by Crippen LogP contribution is -2.35. The molecule has 3 N–H and O–H groups in total. The van der Waals surface area contributed by atoms with Gasteiger partial charge >= 0.3 is 0 Å². The summed E-state index contributed by atoms with van der Waals surface area (Å²) in [4.78, 5) is 26.7. The van der Waals surface area contributed by atoms with Crippen LogP contribution < -0.4 is 16.0 Å². The van der Waals surface area contributed by atoms with Crippen LogP contribution in [-0.4, -0.2) is 49.4 Å². The van der Waals surface area contributed by atoms with Crippen molar-refractivity contribution in [2.75, 3.05) is 43.4 Å². The summed E-state index contributed by atoms with van der Waals surface area (Å²) in [5.74, 6) is 0.709. The lowest BCUT2D eigenvalue weighted by molar-refractivity contribution is -0.117. The number of carbonyl (C=O) groups is 2. The molecule has 1 atom stereocenters. The lowest BCUT2D eigenvalue weighted by Gasteiger charge is -2.23. The molecule has 1 aromatic rings. The Labute approximate surface area is 168 Å². The fourth-order valence-electron chi connectivity index (χ4n) is 4.03. The fourth-order valence-corrected chi connectivity index (χ4v) is 4.03. The summed E-state index contributed by atoms with van der Waals surface area (Å²) in [5, 5.41) is 9.24. The third-order valence-corrected chi connectivity index (χ3v) is 5.71. The molecule has 2 aliphatic rings. The van der Waals surface area contributed by atoms with Gasteiger partial charge in [-0.05, 0) is 82.0 Å². The molecule has 2 heterocycles. The number of carbonyl (C=O) groups excluding carboxylic acids is 2. The van der Waals surface area contributed by atoms with E-state index in [1.165, 1.54) is 38.5 Å². The number of likely N-dealkylation sites (tertiary alicyclic amines) is 1. The van der Waals surface area contributed by atoms with Crippen LogP contribution in [0.15, 0.2) is 24.3 Å². The Morgan fingerprint density at radius 3 is 2.14 bits per heavy atom. The van der Waals surface area contributed by atoms with Crippen LogP contribution in [0.25, 0.3) is 0 Å². The maximum absolute atomic E-state index is 12.3. The number of amides is 2. The molecule has 2 amide bonds. The van der Waals surface area contributed by atoms with Gasteiger partial charge in [0, 0.05) is 17.8 Å². The van der Waals surface area contributed by atoms with Gasteiger partial charge in [-0.3, -0.25) is 14.5 Å². The molecule has 2 fully saturated rings. The van der Waals surface area contributed by atoms with Gasteiger partial charge in [0.1, 0.15) is 0 Å². The van der Waals surface area contributed by atoms with E-state index in [0.717, 1.165) is 44.0 Å². The number of hydrogen-bond donors (Lipinski definition) is 3. The molecule has 6 heteroatoms. The van der Waals surface area contributed by atoms with Crippen LogP contribution in [0.5, 0.6) is 0 Å². The monoisotopic (exact) mass is 386 g/mol. The van der Waals surface area contributed by atoms with E-state index in [1.807, 2.05) is 24.3 Å². The predicted octanol–water partition coefficient (Wildman–Crippen LogP) is 3.22. The number of hydrogen-bond acceptors (Lipinski definition) is 4. The topological polar surface area (TPSA) is 73.5 Å². The molecule has 6 nitrogen and oxygen atoms in total. The number of nitrogens with one attached hydrogen (secondary N) is 3. The molecule has 154 valence electrons. The second-order valence-corrected chi connectivity index (χ2v) is 8.12. The summed E-state index contributed by atoms with van der Waals surface area (Å²) in [6.45, 7) is 4.56. The van der Waals surface area contributed by atoms with Crippen molar-refractivity contribution >= 4 is 23.2 Å². The Balaban J connectivity index is 1.39. The first kappa shape index (κ1) is 20.8. The summed E-state index contributed by atoms with van der Waals surface area (Å²) < 4.78 is 0. The zero-order valence-corrected chi connectivity index (χ0v) is 16.8. The molecule has 1 unspecified atom stereocenters. The molecule has 2 aliphatic heterocycles. The maximum atomic E-state index is 12.3. The summed E-state index contributed by atoms with van der Waals surface area (Å²) in [7, 11) is 0. The van der Waals surface area contributed by atoms with Crippen molar-refractivity contribution in [2.45, 2.75) is 51.4 Å². The standard InChI is InChI=1S/C22H34N4O2/c27-21(11-6-18-12-13-23-16-18)24-19-7-9-20(10-8-19)25-22(28)17-26-14-4-2-1-3-5-15-26/h7-10,18,23H,1-6,11-17H2,(H,24,27)(H,25,28). The summed E-state index contributed by atoms with van der Waals surface area (Å²) in [6, 6.07) is 7.39. The molecule has 0 aliphatic carbocycles. The first-order valence-corrected chi connectivity index (χ1v) is 10.8. The van der Waals surface area contributed by atoms with Gasteiger partial charge in [0.15, 0.2) is 0 Å². The van der Waals surface area contributed by atoms with Gasteiger partial charge in [0.2, 0.25) is 11.8 Å². The highest BCUT2D eigenvalue weighted by molar-refractivity contribution is 5.93. The van der Waals surface area contributed by atoms with E-state index in [0.29, 0.717) is 18.9 Å². The van der Waals surface area contributed by atoms with Crippen LogP contribution in [-0.2, 0) is 9.59 Å². The second-order valence-electron chi connectivity index (χ2n) is 8.12. The molecule has 0 bridgehead atoms. The predicted molar refractivity (Wildman–Crippen MR) is 113 cm³/mol. The first-order valence-electron chi connectivity index (χ1n) is 10.8. The third kappa shape index (κ3) is 7.24. The molecule has 0 saturated carbocycles. The molecule has 3 rings (SSSR count). The molecule has 0 radical (unpaired) electrons. The van der Waals surface area contributed by atoms with E-state index in [1.54, 1.807) is 0 Å². The van der Waals surface area contributed by atoms with Crippen LogP contribution in [0.3, 0.4) is 0 Å². The highest BCUT2D eigenvalue weighted by Crippen LogP contribution is 2.17. The molecule has 1 aromatic carbocycles. The van der Waals surface area contributed by atoms with Gasteiger partial charge in [-0.15, -0.1) is 0 Å². The van der Waals surface area contributed by atoms with Crippen LogP contribution in [0.1, 0.15) is 51.4 Å². The van der Waals surface area contributed by atoms with Crippen LogP contribution in [0, 0.1) is 5.92 Å².